The minimum atomic E-state index is -1.30. The quantitative estimate of drug-likeness (QED) is 0.0641. The van der Waals surface area contributed by atoms with Gasteiger partial charge in [0.25, 0.3) is 0 Å². The van der Waals surface area contributed by atoms with Gasteiger partial charge in [-0.05, 0) is 125 Å². The molecule has 2 fully saturated rings. The monoisotopic (exact) mass is 962 g/mol. The topological polar surface area (TPSA) is 141 Å². The van der Waals surface area contributed by atoms with E-state index in [-0.39, 0.29) is 24.3 Å². The number of aromatic amines is 1. The number of hydrogen-bond acceptors (Lipinski definition) is 9. The number of hydrogen-bond donors (Lipinski definition) is 1. The molecular weight excluding hydrogens is 889 g/mol. The summed E-state index contributed by atoms with van der Waals surface area (Å²) in [5, 5.41) is 2.20. The van der Waals surface area contributed by atoms with Gasteiger partial charge in [-0.2, -0.15) is 0 Å². The molecule has 0 saturated carbocycles. The summed E-state index contributed by atoms with van der Waals surface area (Å²) in [6.07, 6.45) is 6.57. The van der Waals surface area contributed by atoms with Gasteiger partial charge in [-0.3, -0.25) is 19.4 Å². The second kappa shape index (κ2) is 19.3. The van der Waals surface area contributed by atoms with Crippen LogP contribution in [0.3, 0.4) is 0 Å². The number of imidazole rings is 2. The van der Waals surface area contributed by atoms with E-state index in [1.165, 1.54) is 0 Å². The molecule has 2 atom stereocenters. The number of nitrogens with zero attached hydrogens (tertiary/aromatic N) is 7. The van der Waals surface area contributed by atoms with Crippen LogP contribution in [0.5, 0.6) is 0 Å². The largest absolute Gasteiger partial charge is 0.444 e. The number of ether oxygens (including phenoxy) is 4. The van der Waals surface area contributed by atoms with Gasteiger partial charge in [0.05, 0.1) is 6.04 Å². The molecular formula is C52H73N8O6Si2+. The Morgan fingerprint density at radius 2 is 1.25 bits per heavy atom. The zero-order valence-electron chi connectivity index (χ0n) is 42.5. The minimum absolute atomic E-state index is 0.188. The zero-order chi connectivity index (χ0) is 48.8. The number of aromatic nitrogens is 6. The Balaban J connectivity index is 1.07. The van der Waals surface area contributed by atoms with Gasteiger partial charge in [0.2, 0.25) is 5.82 Å². The molecule has 6 aromatic rings. The number of pyridine rings is 2. The van der Waals surface area contributed by atoms with E-state index in [0.29, 0.717) is 39.8 Å². The summed E-state index contributed by atoms with van der Waals surface area (Å²) in [5.74, 6) is 1.67. The number of carbonyl (C=O) groups excluding carboxylic acids is 2. The van der Waals surface area contributed by atoms with Crippen LogP contribution >= 0.6 is 0 Å². The van der Waals surface area contributed by atoms with Crippen molar-refractivity contribution in [3.63, 3.8) is 0 Å². The van der Waals surface area contributed by atoms with Crippen LogP contribution in [0, 0.1) is 0 Å². The van der Waals surface area contributed by atoms with Gasteiger partial charge in [-0.25, -0.2) is 24.1 Å². The molecule has 16 heteroatoms. The van der Waals surface area contributed by atoms with Crippen LogP contribution in [0.1, 0.15) is 91.0 Å². The number of H-pyrrole nitrogens is 1. The van der Waals surface area contributed by atoms with Crippen molar-refractivity contribution in [3.8, 4) is 22.3 Å². The van der Waals surface area contributed by atoms with E-state index < -0.39 is 27.3 Å². The molecule has 2 aliphatic rings. The fourth-order valence-corrected chi connectivity index (χ4v) is 10.6. The molecule has 4 aromatic heterocycles. The smallest absolute Gasteiger partial charge is 0.411 e. The van der Waals surface area contributed by atoms with Gasteiger partial charge >= 0.3 is 17.8 Å². The van der Waals surface area contributed by atoms with Crippen molar-refractivity contribution in [1.82, 2.24) is 34.3 Å². The molecule has 0 bridgehead atoms. The lowest BCUT2D eigenvalue weighted by molar-refractivity contribution is -0.719. The Labute approximate surface area is 403 Å². The third-order valence-corrected chi connectivity index (χ3v) is 16.0. The zero-order valence-corrected chi connectivity index (χ0v) is 44.5. The highest BCUT2D eigenvalue weighted by atomic mass is 28.3. The van der Waals surface area contributed by atoms with Crippen LogP contribution < -0.4 is 4.57 Å². The van der Waals surface area contributed by atoms with Crippen molar-refractivity contribution in [3.05, 3.63) is 72.6 Å². The van der Waals surface area contributed by atoms with Gasteiger partial charge in [0, 0.05) is 59.8 Å². The van der Waals surface area contributed by atoms with Gasteiger partial charge in [0.15, 0.2) is 17.9 Å². The molecule has 68 heavy (non-hydrogen) atoms. The molecule has 14 nitrogen and oxygen atoms in total. The maximum Gasteiger partial charge on any atom is 0.411 e. The molecule has 0 aliphatic carbocycles. The van der Waals surface area contributed by atoms with Crippen molar-refractivity contribution in [2.24, 2.45) is 0 Å². The van der Waals surface area contributed by atoms with Crippen LogP contribution in [0.2, 0.25) is 51.4 Å². The molecule has 2 aliphatic heterocycles. The molecule has 6 heterocycles. The number of fused-ring (bicyclic) bond motifs is 3. The average molecular weight is 962 g/mol. The van der Waals surface area contributed by atoms with Crippen LogP contribution in [-0.4, -0.2) is 100 Å². The van der Waals surface area contributed by atoms with Crippen molar-refractivity contribution in [1.29, 1.82) is 0 Å². The molecule has 0 unspecified atom stereocenters. The number of rotatable bonds is 14. The van der Waals surface area contributed by atoms with Crippen LogP contribution in [0.25, 0.3) is 55.4 Å². The maximum atomic E-state index is 13.4. The minimum Gasteiger partial charge on any atom is -0.444 e. The van der Waals surface area contributed by atoms with E-state index in [2.05, 4.69) is 102 Å². The fraction of sp³-hybridized carbons (Fsp3) is 0.538. The van der Waals surface area contributed by atoms with Crippen molar-refractivity contribution < 1.29 is 33.1 Å². The first kappa shape index (κ1) is 49.3. The first-order chi connectivity index (χ1) is 32.0. The first-order valence-electron chi connectivity index (χ1n) is 24.5. The summed E-state index contributed by atoms with van der Waals surface area (Å²) in [5.41, 5.74) is 6.00. The van der Waals surface area contributed by atoms with Crippen LogP contribution in [-0.2, 0) is 32.4 Å². The Bertz CT molecular complexity index is 2610. The second-order valence-corrected chi connectivity index (χ2v) is 34.4. The molecule has 2 aromatic carbocycles. The highest BCUT2D eigenvalue weighted by molar-refractivity contribution is 6.76. The number of amides is 2. The summed E-state index contributed by atoms with van der Waals surface area (Å²) in [6, 6.07) is 18.9. The standard InChI is InChI=1S/C52H72N8O6Si2/c1-51(2,3)65-49(61)57-21-13-15-43(57)47-55-41-29-39(31-53-45(41)59(47)33-63-23-25-67(7,8)9)37-19-17-36-28-38(20-18-35(36)27-37)40-30-42-46(54-32-40)60(34-64-24-26-68(10,11)12)48(56-42)44-16-14-22-58(44)50(62)66-52(4,5)6/h17-20,27-32,43-44H,13-16,21-26,33-34H2,1-12H3/p+1/t43-,44-/m0/s1. The summed E-state index contributed by atoms with van der Waals surface area (Å²) < 4.78 is 28.5. The molecule has 8 rings (SSSR count). The number of nitrogens with one attached hydrogen (secondary N) is 1. The second-order valence-electron chi connectivity index (χ2n) is 23.1. The van der Waals surface area contributed by atoms with Crippen LogP contribution in [0.15, 0.2) is 60.9 Å². The van der Waals surface area contributed by atoms with E-state index >= 15 is 0 Å². The third kappa shape index (κ3) is 11.6. The van der Waals surface area contributed by atoms with Crippen molar-refractivity contribution in [2.75, 3.05) is 26.3 Å². The molecule has 0 radical (unpaired) electrons. The Hall–Kier alpha value is -5.17. The van der Waals surface area contributed by atoms with Gasteiger partial charge < -0.3 is 18.9 Å². The number of carbonyl (C=O) groups is 2. The van der Waals surface area contributed by atoms with Gasteiger partial charge in [0.1, 0.15) is 41.5 Å². The van der Waals surface area contributed by atoms with Crippen LogP contribution in [0.4, 0.5) is 9.59 Å². The van der Waals surface area contributed by atoms with E-state index in [9.17, 15) is 9.59 Å². The lowest BCUT2D eigenvalue weighted by Gasteiger charge is -2.28. The summed E-state index contributed by atoms with van der Waals surface area (Å²) in [6.45, 7) is 28.7. The average Bonchev–Trinajstić information content (AvgIpc) is 4.06. The molecule has 2 amide bonds. The van der Waals surface area contributed by atoms with Gasteiger partial charge in [-0.1, -0.05) is 63.5 Å². The molecule has 1 N–H and O–H groups in total. The van der Waals surface area contributed by atoms with Crippen molar-refractivity contribution in [2.45, 2.75) is 155 Å². The highest BCUT2D eigenvalue weighted by Crippen LogP contribution is 2.37. The molecule has 0 spiro atoms. The predicted molar refractivity (Wildman–Crippen MR) is 274 cm³/mol. The van der Waals surface area contributed by atoms with E-state index in [4.69, 9.17) is 33.9 Å². The molecule has 364 valence electrons. The van der Waals surface area contributed by atoms with Crippen molar-refractivity contribution >= 4 is 61.4 Å². The Morgan fingerprint density at radius 1 is 0.706 bits per heavy atom. The maximum absolute atomic E-state index is 13.4. The fourth-order valence-electron chi connectivity index (χ4n) is 9.04. The third-order valence-electron chi connectivity index (χ3n) is 12.6. The van der Waals surface area contributed by atoms with E-state index in [0.717, 1.165) is 105 Å². The predicted octanol–water partition coefficient (Wildman–Crippen LogP) is 11.9. The lowest BCUT2D eigenvalue weighted by Crippen LogP contribution is -2.45. The Morgan fingerprint density at radius 3 is 1.84 bits per heavy atom. The highest BCUT2D eigenvalue weighted by Gasteiger charge is 2.40. The summed E-state index contributed by atoms with van der Waals surface area (Å²) >= 11 is 0. The SMILES string of the molecule is CC(C)(C)OC(=O)N1CCC[C@H]1c1nc2cc(-c3ccc4cc(-c5cnc6c(c5)[nH]c([C@@H]5CCCN5C(=O)OC(C)(C)C)[n+]6COCC[Si](C)(C)C)ccc4c3)cnc2n1COCC[Si](C)(C)C. The normalized spacial score (nSPS) is 17.3. The van der Waals surface area contributed by atoms with Gasteiger partial charge in [-0.15, -0.1) is 4.98 Å². The van der Waals surface area contributed by atoms with E-state index in [1.807, 2.05) is 63.7 Å². The first-order valence-corrected chi connectivity index (χ1v) is 31.9. The summed E-state index contributed by atoms with van der Waals surface area (Å²) in [7, 11) is -2.59. The summed E-state index contributed by atoms with van der Waals surface area (Å²) in [4.78, 5) is 49.4. The lowest BCUT2D eigenvalue weighted by atomic mass is 9.99. The van der Waals surface area contributed by atoms with E-state index in [1.54, 1.807) is 0 Å². The molecule has 2 saturated heterocycles. The Kier molecular flexibility index (Phi) is 14.0. The number of likely N-dealkylation sites (tertiary alicyclic amines) is 2. The number of benzene rings is 2.